The van der Waals surface area contributed by atoms with Gasteiger partial charge in [-0.3, -0.25) is 9.59 Å². The Balaban J connectivity index is 4.66. The maximum atomic E-state index is 13.2. The fraction of sp³-hybridized carbons (Fsp3) is 0.789. The Bertz CT molecular complexity index is 1130. The highest BCUT2D eigenvalue weighted by molar-refractivity contribution is 5.77. The second-order valence-corrected chi connectivity index (χ2v) is 18.3. The van der Waals surface area contributed by atoms with Crippen molar-refractivity contribution in [2.75, 3.05) is 6.61 Å². The molecule has 0 aliphatic heterocycles. The summed E-state index contributed by atoms with van der Waals surface area (Å²) in [6.45, 7) is 6.43. The number of hydrogen-bond acceptors (Lipinski definition) is 5. The molecule has 0 saturated carbocycles. The third kappa shape index (κ3) is 45.9. The van der Waals surface area contributed by atoms with Crippen LogP contribution in [0.15, 0.2) is 60.8 Å². The zero-order valence-electron chi connectivity index (χ0n) is 41.7. The standard InChI is InChI=1S/C57H103NO5/c1-4-7-10-13-16-19-21-23-25-27-29-31-33-35-38-41-44-47-50-57(62)63-53(48-45-42-39-37-34-32-30-28-26-24-22-20-17-14-11-8-5-2)51-56(61)58-54(52-59)55(60)49-46-43-40-36-18-15-12-9-6-3/h17,20,24,26,29-32,37,39,53-55,59-60H,4-16,18-19,21-23,25,27-28,33-36,38,40-52H2,1-3H3,(H,58,61)/b20-17-,26-24-,31-29+,32-30-,39-37-. The Morgan fingerprint density at radius 2 is 0.825 bits per heavy atom. The van der Waals surface area contributed by atoms with E-state index in [0.717, 1.165) is 77.0 Å². The Kier molecular flexibility index (Phi) is 48.6. The summed E-state index contributed by atoms with van der Waals surface area (Å²) < 4.78 is 5.91. The summed E-state index contributed by atoms with van der Waals surface area (Å²) in [5, 5.41) is 23.7. The largest absolute Gasteiger partial charge is 0.462 e. The minimum atomic E-state index is -0.803. The topological polar surface area (TPSA) is 95.9 Å². The molecule has 0 heterocycles. The van der Waals surface area contributed by atoms with Crippen LogP contribution >= 0.6 is 0 Å². The predicted octanol–water partition coefficient (Wildman–Crippen LogP) is 16.4. The average Bonchev–Trinajstić information content (AvgIpc) is 3.28. The number of aliphatic hydroxyl groups excluding tert-OH is 2. The number of ether oxygens (including phenoxy) is 1. The van der Waals surface area contributed by atoms with Crippen molar-refractivity contribution < 1.29 is 24.5 Å². The molecule has 0 fully saturated rings. The summed E-state index contributed by atoms with van der Waals surface area (Å²) in [5.41, 5.74) is 0. The molecule has 0 radical (unpaired) electrons. The molecule has 0 aliphatic carbocycles. The Hall–Kier alpha value is -2.44. The molecule has 3 atom stereocenters. The number of carbonyl (C=O) groups is 2. The Morgan fingerprint density at radius 1 is 0.460 bits per heavy atom. The lowest BCUT2D eigenvalue weighted by Gasteiger charge is -2.24. The molecule has 3 N–H and O–H groups in total. The molecular weight excluding hydrogens is 779 g/mol. The van der Waals surface area contributed by atoms with Crippen LogP contribution < -0.4 is 5.32 Å². The fourth-order valence-electron chi connectivity index (χ4n) is 7.94. The van der Waals surface area contributed by atoms with E-state index in [9.17, 15) is 19.8 Å². The second kappa shape index (κ2) is 50.6. The van der Waals surface area contributed by atoms with Crippen molar-refractivity contribution in [2.45, 2.75) is 283 Å². The second-order valence-electron chi connectivity index (χ2n) is 18.3. The smallest absolute Gasteiger partial charge is 0.306 e. The molecule has 0 saturated heterocycles. The number of nitrogens with one attached hydrogen (secondary N) is 1. The van der Waals surface area contributed by atoms with Crippen LogP contribution in [0.1, 0.15) is 265 Å². The molecule has 6 nitrogen and oxygen atoms in total. The van der Waals surface area contributed by atoms with E-state index in [1.807, 2.05) is 0 Å². The number of carbonyl (C=O) groups excluding carboxylic acids is 2. The van der Waals surface area contributed by atoms with Crippen molar-refractivity contribution in [1.29, 1.82) is 0 Å². The first-order valence-electron chi connectivity index (χ1n) is 27.0. The van der Waals surface area contributed by atoms with Gasteiger partial charge in [-0.15, -0.1) is 0 Å². The van der Waals surface area contributed by atoms with E-state index in [-0.39, 0.29) is 24.9 Å². The zero-order chi connectivity index (χ0) is 45.9. The number of aliphatic hydroxyl groups is 2. The molecule has 0 aromatic carbocycles. The lowest BCUT2D eigenvalue weighted by atomic mass is 10.0. The van der Waals surface area contributed by atoms with Crippen LogP contribution in [-0.2, 0) is 14.3 Å². The molecule has 1 amide bonds. The lowest BCUT2D eigenvalue weighted by Crippen LogP contribution is -2.46. The lowest BCUT2D eigenvalue weighted by molar-refractivity contribution is -0.151. The summed E-state index contributed by atoms with van der Waals surface area (Å²) in [6.07, 6.45) is 62.9. The SMILES string of the molecule is CCCCC/C=C\C/C=C\C/C=C\C/C=C\CCCC(CC(=O)NC(CO)C(O)CCCCCCCCCCC)OC(=O)CCCCCCC/C=C/CCCCCCCCCCC. The zero-order valence-corrected chi connectivity index (χ0v) is 41.7. The van der Waals surface area contributed by atoms with Crippen LogP contribution in [0.25, 0.3) is 0 Å². The Morgan fingerprint density at radius 3 is 1.30 bits per heavy atom. The van der Waals surface area contributed by atoms with Gasteiger partial charge in [0.05, 0.1) is 25.2 Å². The van der Waals surface area contributed by atoms with Gasteiger partial charge in [0.2, 0.25) is 5.91 Å². The van der Waals surface area contributed by atoms with Crippen LogP contribution in [0.4, 0.5) is 0 Å². The molecule has 0 aliphatic rings. The van der Waals surface area contributed by atoms with Crippen molar-refractivity contribution >= 4 is 11.9 Å². The van der Waals surface area contributed by atoms with E-state index in [4.69, 9.17) is 4.74 Å². The summed E-state index contributed by atoms with van der Waals surface area (Å²) in [6, 6.07) is -0.721. The highest BCUT2D eigenvalue weighted by Crippen LogP contribution is 2.17. The van der Waals surface area contributed by atoms with Crippen LogP contribution in [-0.4, -0.2) is 46.9 Å². The summed E-state index contributed by atoms with van der Waals surface area (Å²) in [4.78, 5) is 26.2. The van der Waals surface area contributed by atoms with Crippen molar-refractivity contribution in [1.82, 2.24) is 5.32 Å². The first-order valence-corrected chi connectivity index (χ1v) is 27.0. The monoisotopic (exact) mass is 882 g/mol. The summed E-state index contributed by atoms with van der Waals surface area (Å²) in [5.74, 6) is -0.535. The van der Waals surface area contributed by atoms with Crippen LogP contribution in [0, 0.1) is 0 Å². The molecular formula is C57H103NO5. The van der Waals surface area contributed by atoms with Gasteiger partial charge < -0.3 is 20.3 Å². The maximum Gasteiger partial charge on any atom is 0.306 e. The summed E-state index contributed by atoms with van der Waals surface area (Å²) >= 11 is 0. The van der Waals surface area contributed by atoms with Gasteiger partial charge in [0.1, 0.15) is 6.10 Å². The Labute approximate surface area is 390 Å². The molecule has 3 unspecified atom stereocenters. The molecule has 366 valence electrons. The van der Waals surface area contributed by atoms with E-state index in [1.54, 1.807) is 0 Å². The van der Waals surface area contributed by atoms with Crippen LogP contribution in [0.2, 0.25) is 0 Å². The highest BCUT2D eigenvalue weighted by atomic mass is 16.5. The minimum absolute atomic E-state index is 0.0360. The molecule has 0 aromatic rings. The van der Waals surface area contributed by atoms with Crippen LogP contribution in [0.3, 0.4) is 0 Å². The third-order valence-electron chi connectivity index (χ3n) is 12.1. The first-order chi connectivity index (χ1) is 31.0. The van der Waals surface area contributed by atoms with E-state index in [0.29, 0.717) is 19.3 Å². The quantitative estimate of drug-likeness (QED) is 0.0321. The van der Waals surface area contributed by atoms with E-state index in [1.165, 1.54) is 141 Å². The summed E-state index contributed by atoms with van der Waals surface area (Å²) in [7, 11) is 0. The molecule has 63 heavy (non-hydrogen) atoms. The molecule has 6 heteroatoms. The van der Waals surface area contributed by atoms with E-state index >= 15 is 0 Å². The molecule has 0 rings (SSSR count). The van der Waals surface area contributed by atoms with Gasteiger partial charge in [-0.05, 0) is 89.9 Å². The number of allylic oxidation sites excluding steroid dienone is 10. The van der Waals surface area contributed by atoms with Crippen molar-refractivity contribution in [3.05, 3.63) is 60.8 Å². The van der Waals surface area contributed by atoms with Gasteiger partial charge in [0.15, 0.2) is 0 Å². The van der Waals surface area contributed by atoms with Gasteiger partial charge in [0, 0.05) is 6.42 Å². The molecule has 0 aromatic heterocycles. The van der Waals surface area contributed by atoms with Crippen LogP contribution in [0.5, 0.6) is 0 Å². The van der Waals surface area contributed by atoms with E-state index in [2.05, 4.69) is 86.8 Å². The normalized spacial score (nSPS) is 13.7. The number of hydrogen-bond donors (Lipinski definition) is 3. The van der Waals surface area contributed by atoms with Gasteiger partial charge in [-0.25, -0.2) is 0 Å². The highest BCUT2D eigenvalue weighted by Gasteiger charge is 2.24. The minimum Gasteiger partial charge on any atom is -0.462 e. The number of esters is 1. The van der Waals surface area contributed by atoms with Gasteiger partial charge in [-0.1, -0.05) is 223 Å². The van der Waals surface area contributed by atoms with Crippen molar-refractivity contribution in [2.24, 2.45) is 0 Å². The average molecular weight is 882 g/mol. The molecule has 0 bridgehead atoms. The number of unbranched alkanes of at least 4 members (excludes halogenated alkanes) is 26. The molecule has 0 spiro atoms. The maximum absolute atomic E-state index is 13.2. The van der Waals surface area contributed by atoms with Gasteiger partial charge >= 0.3 is 5.97 Å². The van der Waals surface area contributed by atoms with Crippen molar-refractivity contribution in [3.63, 3.8) is 0 Å². The van der Waals surface area contributed by atoms with Gasteiger partial charge in [0.25, 0.3) is 0 Å². The first kappa shape index (κ1) is 60.6. The van der Waals surface area contributed by atoms with Gasteiger partial charge in [-0.2, -0.15) is 0 Å². The van der Waals surface area contributed by atoms with E-state index < -0.39 is 18.2 Å². The number of rotatable bonds is 48. The fourth-order valence-corrected chi connectivity index (χ4v) is 7.94. The number of amides is 1. The third-order valence-corrected chi connectivity index (χ3v) is 12.1. The van der Waals surface area contributed by atoms with Crippen molar-refractivity contribution in [3.8, 4) is 0 Å². The predicted molar refractivity (Wildman–Crippen MR) is 273 cm³/mol.